The van der Waals surface area contributed by atoms with Gasteiger partial charge in [-0.2, -0.15) is 13.2 Å². The predicted octanol–water partition coefficient (Wildman–Crippen LogP) is 2.26. The highest BCUT2D eigenvalue weighted by Crippen LogP contribution is 2.22. The van der Waals surface area contributed by atoms with Crippen molar-refractivity contribution in [2.45, 2.75) is 25.6 Å². The lowest BCUT2D eigenvalue weighted by molar-refractivity contribution is -0.136. The molecule has 0 unspecified atom stereocenters. The van der Waals surface area contributed by atoms with Gasteiger partial charge >= 0.3 is 6.18 Å². The van der Waals surface area contributed by atoms with Gasteiger partial charge in [-0.15, -0.1) is 0 Å². The molecule has 0 saturated heterocycles. The largest absolute Gasteiger partial charge is 0.492 e. The molecule has 1 aromatic heterocycles. The predicted molar refractivity (Wildman–Crippen MR) is 52.9 cm³/mol. The lowest BCUT2D eigenvalue weighted by Gasteiger charge is -2.10. The fourth-order valence-corrected chi connectivity index (χ4v) is 1.16. The first-order valence-electron chi connectivity index (χ1n) is 4.86. The van der Waals surface area contributed by atoms with Gasteiger partial charge in [0.2, 0.25) is 0 Å². The van der Waals surface area contributed by atoms with Crippen molar-refractivity contribution >= 4 is 0 Å². The number of hydrogen-bond acceptors (Lipinski definition) is 3. The van der Waals surface area contributed by atoms with Crippen molar-refractivity contribution in [3.05, 3.63) is 24.0 Å². The summed E-state index contributed by atoms with van der Waals surface area (Å²) in [5.41, 5.74) is 5.95. The number of alkyl halides is 3. The molecule has 1 heterocycles. The summed E-state index contributed by atoms with van der Waals surface area (Å²) in [6, 6.07) is 3.29. The molecule has 90 valence electrons. The first-order valence-corrected chi connectivity index (χ1v) is 4.86. The smallest absolute Gasteiger partial charge is 0.389 e. The van der Waals surface area contributed by atoms with Crippen LogP contribution in [0.25, 0.3) is 0 Å². The molecule has 1 aromatic rings. The molecule has 0 fully saturated rings. The Hall–Kier alpha value is -1.30. The van der Waals surface area contributed by atoms with E-state index in [-0.39, 0.29) is 19.6 Å². The van der Waals surface area contributed by atoms with Crippen LogP contribution in [-0.4, -0.2) is 17.8 Å². The van der Waals surface area contributed by atoms with Crippen LogP contribution in [0.15, 0.2) is 18.3 Å². The van der Waals surface area contributed by atoms with Crippen molar-refractivity contribution in [1.29, 1.82) is 0 Å². The average Bonchev–Trinajstić information content (AvgIpc) is 2.23. The van der Waals surface area contributed by atoms with E-state index in [1.54, 1.807) is 18.3 Å². The van der Waals surface area contributed by atoms with Crippen molar-refractivity contribution in [2.75, 3.05) is 6.61 Å². The highest BCUT2D eigenvalue weighted by molar-refractivity contribution is 5.26. The molecule has 6 heteroatoms. The summed E-state index contributed by atoms with van der Waals surface area (Å²) in [6.45, 7) is 0.216. The van der Waals surface area contributed by atoms with Gasteiger partial charge in [0.1, 0.15) is 5.75 Å². The van der Waals surface area contributed by atoms with Crippen LogP contribution < -0.4 is 10.5 Å². The molecule has 0 aliphatic carbocycles. The van der Waals surface area contributed by atoms with Crippen molar-refractivity contribution < 1.29 is 17.9 Å². The molecule has 0 saturated carbocycles. The van der Waals surface area contributed by atoms with Crippen LogP contribution in [0.4, 0.5) is 13.2 Å². The number of halogens is 3. The summed E-state index contributed by atoms with van der Waals surface area (Å²) in [4.78, 5) is 3.95. The van der Waals surface area contributed by atoms with Gasteiger partial charge in [0, 0.05) is 19.2 Å². The lowest BCUT2D eigenvalue weighted by atomic mass is 10.3. The fraction of sp³-hybridized carbons (Fsp3) is 0.500. The Morgan fingerprint density at radius 2 is 2.12 bits per heavy atom. The van der Waals surface area contributed by atoms with Gasteiger partial charge in [0.25, 0.3) is 0 Å². The molecule has 0 radical (unpaired) electrons. The van der Waals surface area contributed by atoms with Crippen LogP contribution in [0.1, 0.15) is 18.5 Å². The van der Waals surface area contributed by atoms with Crippen LogP contribution in [-0.2, 0) is 6.54 Å². The molecule has 0 aliphatic rings. The Kier molecular flexibility index (Phi) is 4.54. The fourth-order valence-electron chi connectivity index (χ4n) is 1.16. The topological polar surface area (TPSA) is 48.1 Å². The Bertz CT molecular complexity index is 328. The van der Waals surface area contributed by atoms with Crippen molar-refractivity contribution in [2.24, 2.45) is 5.73 Å². The number of hydrogen-bond donors (Lipinski definition) is 1. The second-order valence-electron chi connectivity index (χ2n) is 3.22. The van der Waals surface area contributed by atoms with Crippen molar-refractivity contribution in [3.63, 3.8) is 0 Å². The van der Waals surface area contributed by atoms with Gasteiger partial charge < -0.3 is 10.5 Å². The zero-order chi connectivity index (χ0) is 12.0. The summed E-state index contributed by atoms with van der Waals surface area (Å²) in [7, 11) is 0. The minimum Gasteiger partial charge on any atom is -0.492 e. The molecule has 0 aromatic carbocycles. The van der Waals surface area contributed by atoms with E-state index in [1.165, 1.54) is 0 Å². The van der Waals surface area contributed by atoms with E-state index in [1.807, 2.05) is 0 Å². The Morgan fingerprint density at radius 3 is 2.75 bits per heavy atom. The van der Waals surface area contributed by atoms with Gasteiger partial charge in [0.05, 0.1) is 12.3 Å². The number of nitrogens with two attached hydrogens (primary N) is 1. The molecule has 1 rings (SSSR count). The van der Waals surface area contributed by atoms with Gasteiger partial charge in [-0.1, -0.05) is 0 Å². The third-order valence-corrected chi connectivity index (χ3v) is 1.90. The molecule has 0 spiro atoms. The number of rotatable bonds is 5. The Labute approximate surface area is 91.4 Å². The molecule has 16 heavy (non-hydrogen) atoms. The summed E-state index contributed by atoms with van der Waals surface area (Å²) < 4.78 is 40.7. The van der Waals surface area contributed by atoms with Crippen molar-refractivity contribution in [1.82, 2.24) is 4.98 Å². The maximum absolute atomic E-state index is 11.8. The van der Waals surface area contributed by atoms with Gasteiger partial charge in [-0.3, -0.25) is 4.98 Å². The lowest BCUT2D eigenvalue weighted by Crippen LogP contribution is -2.11. The number of ether oxygens (including phenoxy) is 1. The molecule has 3 nitrogen and oxygen atoms in total. The summed E-state index contributed by atoms with van der Waals surface area (Å²) >= 11 is 0. The first-order chi connectivity index (χ1) is 7.53. The van der Waals surface area contributed by atoms with E-state index in [2.05, 4.69) is 4.98 Å². The van der Waals surface area contributed by atoms with E-state index in [0.717, 1.165) is 0 Å². The highest BCUT2D eigenvalue weighted by atomic mass is 19.4. The van der Waals surface area contributed by atoms with Crippen LogP contribution >= 0.6 is 0 Å². The van der Waals surface area contributed by atoms with E-state index < -0.39 is 12.6 Å². The molecule has 0 aliphatic heterocycles. The molecule has 0 bridgehead atoms. The zero-order valence-electron chi connectivity index (χ0n) is 8.63. The average molecular weight is 234 g/mol. The molecule has 0 atom stereocenters. The summed E-state index contributed by atoms with van der Waals surface area (Å²) in [6.07, 6.45) is -3.48. The standard InChI is InChI=1S/C10H13F3N2O/c11-10(12,13)4-2-6-16-9-3-1-5-15-8(9)7-14/h1,3,5H,2,4,6-7,14H2. The molecular weight excluding hydrogens is 221 g/mol. The second kappa shape index (κ2) is 5.69. The maximum Gasteiger partial charge on any atom is 0.389 e. The molecule has 2 N–H and O–H groups in total. The van der Waals surface area contributed by atoms with Gasteiger partial charge in [-0.05, 0) is 18.6 Å². The van der Waals surface area contributed by atoms with Crippen LogP contribution in [0.2, 0.25) is 0 Å². The molecular formula is C10H13F3N2O. The Morgan fingerprint density at radius 1 is 1.38 bits per heavy atom. The maximum atomic E-state index is 11.8. The monoisotopic (exact) mass is 234 g/mol. The van der Waals surface area contributed by atoms with Gasteiger partial charge in [-0.25, -0.2) is 0 Å². The highest BCUT2D eigenvalue weighted by Gasteiger charge is 2.26. The Balaban J connectivity index is 2.37. The van der Waals surface area contributed by atoms with Crippen molar-refractivity contribution in [3.8, 4) is 5.75 Å². The van der Waals surface area contributed by atoms with E-state index in [4.69, 9.17) is 10.5 Å². The SMILES string of the molecule is NCc1ncccc1OCCCC(F)(F)F. The molecule has 0 amide bonds. The number of pyridine rings is 1. The summed E-state index contributed by atoms with van der Waals surface area (Å²) in [5, 5.41) is 0. The van der Waals surface area contributed by atoms with Crippen LogP contribution in [0, 0.1) is 0 Å². The zero-order valence-corrected chi connectivity index (χ0v) is 8.63. The van der Waals surface area contributed by atoms with Gasteiger partial charge in [0.15, 0.2) is 0 Å². The van der Waals surface area contributed by atoms with E-state index in [9.17, 15) is 13.2 Å². The quantitative estimate of drug-likeness (QED) is 0.795. The third-order valence-electron chi connectivity index (χ3n) is 1.90. The third kappa shape index (κ3) is 4.48. The first kappa shape index (κ1) is 12.8. The van der Waals surface area contributed by atoms with E-state index >= 15 is 0 Å². The van der Waals surface area contributed by atoms with Crippen LogP contribution in [0.3, 0.4) is 0 Å². The number of nitrogens with zero attached hydrogens (tertiary/aromatic N) is 1. The van der Waals surface area contributed by atoms with E-state index in [0.29, 0.717) is 11.4 Å². The van der Waals surface area contributed by atoms with Crippen LogP contribution in [0.5, 0.6) is 5.75 Å². The minimum atomic E-state index is -4.13. The summed E-state index contributed by atoms with van der Waals surface area (Å²) in [5.74, 6) is 0.451. The second-order valence-corrected chi connectivity index (χ2v) is 3.22. The number of aromatic nitrogens is 1. The normalized spacial score (nSPS) is 11.5. The minimum absolute atomic E-state index is 0.0121.